The predicted molar refractivity (Wildman–Crippen MR) is 74.2 cm³/mol. The summed E-state index contributed by atoms with van der Waals surface area (Å²) in [6.45, 7) is 0. The molecule has 2 aromatic carbocycles. The van der Waals surface area contributed by atoms with E-state index in [2.05, 4.69) is 4.98 Å². The van der Waals surface area contributed by atoms with Gasteiger partial charge >= 0.3 is 6.04 Å². The average Bonchev–Trinajstić information content (AvgIpc) is 2.46. The lowest BCUT2D eigenvalue weighted by Gasteiger charge is -2.05. The number of nitro groups is 1. The van der Waals surface area contributed by atoms with Gasteiger partial charge in [0.25, 0.3) is 5.69 Å². The van der Waals surface area contributed by atoms with E-state index in [4.69, 9.17) is 0 Å². The first-order valence-corrected chi connectivity index (χ1v) is 5.92. The molecule has 3 rings (SSSR count). The van der Waals surface area contributed by atoms with Gasteiger partial charge in [-0.1, -0.05) is 12.1 Å². The maximum atomic E-state index is 13.1. The number of nitrogens with one attached hydrogen (secondary N) is 1. The minimum Gasteiger partial charge on any atom is -0.353 e. The molecule has 6 nitrogen and oxygen atoms in total. The number of non-ortho nitro benzene ring substituents is 1. The number of H-pyrrole nitrogens is 1. The molecule has 7 heteroatoms. The third-order valence-electron chi connectivity index (χ3n) is 3.25. The van der Waals surface area contributed by atoms with E-state index in [-0.39, 0.29) is 16.3 Å². The molecule has 104 valence electrons. The van der Waals surface area contributed by atoms with Gasteiger partial charge in [-0.3, -0.25) is 19.7 Å². The number of carbonyl (C=O) groups is 1. The summed E-state index contributed by atoms with van der Waals surface area (Å²) >= 11 is 0. The van der Waals surface area contributed by atoms with Crippen LogP contribution in [0.5, 0.6) is 0 Å². The molecule has 0 aliphatic carbocycles. The maximum Gasteiger partial charge on any atom is 0.334 e. The molecule has 0 spiro atoms. The molecule has 0 atom stereocenters. The van der Waals surface area contributed by atoms with Gasteiger partial charge in [-0.2, -0.15) is 4.39 Å². The first kappa shape index (κ1) is 12.9. The van der Waals surface area contributed by atoms with Gasteiger partial charge in [0.15, 0.2) is 0 Å². The number of carbonyl (C=O) groups excluding carboxylic acids is 1. The lowest BCUT2D eigenvalue weighted by atomic mass is 10.0. The van der Waals surface area contributed by atoms with Crippen LogP contribution in [0.25, 0.3) is 21.8 Å². The first-order valence-electron chi connectivity index (χ1n) is 5.92. The molecule has 0 aliphatic rings. The summed E-state index contributed by atoms with van der Waals surface area (Å²) in [6.07, 6.45) is 0. The van der Waals surface area contributed by atoms with Gasteiger partial charge in [0.1, 0.15) is 5.39 Å². The quantitative estimate of drug-likeness (QED) is 0.339. The fourth-order valence-electron chi connectivity index (χ4n) is 2.33. The fourth-order valence-corrected chi connectivity index (χ4v) is 2.33. The highest BCUT2D eigenvalue weighted by Crippen LogP contribution is 2.27. The Labute approximate surface area is 116 Å². The largest absolute Gasteiger partial charge is 0.353 e. The van der Waals surface area contributed by atoms with Gasteiger partial charge in [-0.05, 0) is 18.2 Å². The Morgan fingerprint density at radius 2 is 1.90 bits per heavy atom. The van der Waals surface area contributed by atoms with Crippen molar-refractivity contribution in [3.8, 4) is 0 Å². The molecule has 0 fully saturated rings. The van der Waals surface area contributed by atoms with E-state index >= 15 is 0 Å². The molecule has 0 unspecified atom stereocenters. The number of aromatic amines is 1. The second-order valence-electron chi connectivity index (χ2n) is 4.41. The van der Waals surface area contributed by atoms with Crippen LogP contribution in [-0.2, 0) is 0 Å². The summed E-state index contributed by atoms with van der Waals surface area (Å²) in [5.74, 6) is 0. The Balaban J connectivity index is 2.65. The minimum atomic E-state index is -1.76. The van der Waals surface area contributed by atoms with Gasteiger partial charge in [-0.25, -0.2) is 0 Å². The fraction of sp³-hybridized carbons (Fsp3) is 0. The number of pyridine rings is 1. The van der Waals surface area contributed by atoms with Crippen LogP contribution < -0.4 is 5.43 Å². The molecule has 0 radical (unpaired) electrons. The van der Waals surface area contributed by atoms with Crippen molar-refractivity contribution in [3.05, 3.63) is 62.3 Å². The molecule has 0 bridgehead atoms. The number of halogens is 1. The number of hydrogen-bond acceptors (Lipinski definition) is 4. The Morgan fingerprint density at radius 3 is 2.57 bits per heavy atom. The van der Waals surface area contributed by atoms with Crippen LogP contribution in [0.1, 0.15) is 10.4 Å². The normalized spacial score (nSPS) is 10.9. The smallest absolute Gasteiger partial charge is 0.334 e. The number of nitro benzene ring substituents is 1. The number of benzene rings is 2. The molecule has 0 amide bonds. The second kappa shape index (κ2) is 4.48. The SMILES string of the molecule is O=C(F)c1ccc([N+](=O)[O-])c2c(=O)c3ccccc3[nH]c12. The molecule has 1 aromatic heterocycles. The van der Waals surface area contributed by atoms with E-state index in [1.807, 2.05) is 0 Å². The van der Waals surface area contributed by atoms with Crippen molar-refractivity contribution in [3.63, 3.8) is 0 Å². The van der Waals surface area contributed by atoms with E-state index in [0.717, 1.165) is 12.1 Å². The lowest BCUT2D eigenvalue weighted by molar-refractivity contribution is -0.383. The highest BCUT2D eigenvalue weighted by Gasteiger charge is 2.22. The second-order valence-corrected chi connectivity index (χ2v) is 4.41. The molecule has 3 aromatic rings. The summed E-state index contributed by atoms with van der Waals surface area (Å²) in [6, 6.07) is 6.52. The van der Waals surface area contributed by atoms with E-state index in [1.165, 1.54) is 6.07 Å². The third-order valence-corrected chi connectivity index (χ3v) is 3.25. The standard InChI is InChI=1S/C14H7FN2O4/c15-14(19)8-5-6-10(17(20)21)11-12(8)16-9-4-2-1-3-7(9)13(11)18/h1-6H,(H,16,18). The van der Waals surface area contributed by atoms with E-state index in [1.54, 1.807) is 18.2 Å². The summed E-state index contributed by atoms with van der Waals surface area (Å²) in [7, 11) is 0. The monoisotopic (exact) mass is 286 g/mol. The zero-order chi connectivity index (χ0) is 15.1. The van der Waals surface area contributed by atoms with Crippen molar-refractivity contribution < 1.29 is 14.1 Å². The number of hydrogen-bond donors (Lipinski definition) is 1. The number of nitrogens with zero attached hydrogens (tertiary/aromatic N) is 1. The highest BCUT2D eigenvalue weighted by molar-refractivity contribution is 6.08. The lowest BCUT2D eigenvalue weighted by Crippen LogP contribution is -2.09. The van der Waals surface area contributed by atoms with Gasteiger partial charge < -0.3 is 4.98 Å². The molecule has 1 N–H and O–H groups in total. The van der Waals surface area contributed by atoms with Gasteiger partial charge in [0.2, 0.25) is 5.43 Å². The Bertz CT molecular complexity index is 978. The summed E-state index contributed by atoms with van der Waals surface area (Å²) in [4.78, 5) is 36.5. The topological polar surface area (TPSA) is 93.1 Å². The van der Waals surface area contributed by atoms with E-state index in [9.17, 15) is 24.1 Å². The Morgan fingerprint density at radius 1 is 1.19 bits per heavy atom. The number of fused-ring (bicyclic) bond motifs is 2. The maximum absolute atomic E-state index is 13.1. The van der Waals surface area contributed by atoms with Crippen molar-refractivity contribution in [2.75, 3.05) is 0 Å². The molecule has 1 heterocycles. The molecule has 0 saturated heterocycles. The zero-order valence-corrected chi connectivity index (χ0v) is 10.4. The van der Waals surface area contributed by atoms with Crippen LogP contribution in [0.2, 0.25) is 0 Å². The molecular weight excluding hydrogens is 279 g/mol. The molecule has 0 aliphatic heterocycles. The van der Waals surface area contributed by atoms with Crippen molar-refractivity contribution in [2.24, 2.45) is 0 Å². The van der Waals surface area contributed by atoms with E-state index < -0.39 is 27.6 Å². The van der Waals surface area contributed by atoms with E-state index in [0.29, 0.717) is 5.52 Å². The number of rotatable bonds is 2. The molecular formula is C14H7FN2O4. The van der Waals surface area contributed by atoms with Crippen molar-refractivity contribution in [1.29, 1.82) is 0 Å². The van der Waals surface area contributed by atoms with Crippen molar-refractivity contribution >= 4 is 33.5 Å². The summed E-state index contributed by atoms with van der Waals surface area (Å²) < 4.78 is 13.1. The summed E-state index contributed by atoms with van der Waals surface area (Å²) in [5.41, 5.74) is -1.28. The van der Waals surface area contributed by atoms with Crippen LogP contribution in [0.3, 0.4) is 0 Å². The van der Waals surface area contributed by atoms with Gasteiger partial charge in [-0.15, -0.1) is 0 Å². The molecule has 0 saturated carbocycles. The third kappa shape index (κ3) is 1.86. The highest BCUT2D eigenvalue weighted by atomic mass is 19.1. The van der Waals surface area contributed by atoms with Crippen LogP contribution in [-0.4, -0.2) is 15.9 Å². The summed E-state index contributed by atoms with van der Waals surface area (Å²) in [5, 5.41) is 11.0. The minimum absolute atomic E-state index is 0.166. The zero-order valence-electron chi connectivity index (χ0n) is 10.4. The van der Waals surface area contributed by atoms with Gasteiger partial charge in [0.05, 0.1) is 16.0 Å². The van der Waals surface area contributed by atoms with Crippen LogP contribution in [0, 0.1) is 10.1 Å². The average molecular weight is 286 g/mol. The Kier molecular flexibility index (Phi) is 2.76. The predicted octanol–water partition coefficient (Wildman–Crippen LogP) is 2.70. The molecule has 21 heavy (non-hydrogen) atoms. The number of aromatic nitrogens is 1. The number of para-hydroxylation sites is 1. The van der Waals surface area contributed by atoms with Crippen LogP contribution >= 0.6 is 0 Å². The van der Waals surface area contributed by atoms with Gasteiger partial charge in [0, 0.05) is 17.0 Å². The Hall–Kier alpha value is -3.09. The van der Waals surface area contributed by atoms with Crippen molar-refractivity contribution in [1.82, 2.24) is 4.98 Å². The van der Waals surface area contributed by atoms with Crippen LogP contribution in [0.15, 0.2) is 41.2 Å². The van der Waals surface area contributed by atoms with Crippen molar-refractivity contribution in [2.45, 2.75) is 0 Å². The first-order chi connectivity index (χ1) is 10.0. The van der Waals surface area contributed by atoms with Crippen LogP contribution in [0.4, 0.5) is 10.1 Å².